The fraction of sp³-hybridized carbons (Fsp3) is 0.778. The Hall–Kier alpha value is -0.300. The normalized spacial score (nSPS) is 41.5. The minimum atomic E-state index is -0.0591. The second kappa shape index (κ2) is 2.88. The smallest absolute Gasteiger partial charge is 0.126 e. The fourth-order valence-corrected chi connectivity index (χ4v) is 2.77. The van der Waals surface area contributed by atoms with E-state index in [4.69, 9.17) is 11.6 Å². The minimum absolute atomic E-state index is 0.0591. The zero-order valence-electron chi connectivity index (χ0n) is 7.09. The van der Waals surface area contributed by atoms with Crippen LogP contribution >= 0.6 is 11.6 Å². The molecule has 0 radical (unpaired) electrons. The maximum absolute atomic E-state index is 10.6. The van der Waals surface area contributed by atoms with Gasteiger partial charge in [-0.2, -0.15) is 0 Å². The number of rotatable bonds is 0. The highest BCUT2D eigenvalue weighted by Gasteiger charge is 2.41. The van der Waals surface area contributed by atoms with Crippen LogP contribution in [0, 0.1) is 0 Å². The number of likely N-dealkylation sites (N-methyl/N-ethyl adjacent to an activating group) is 1. The molecule has 2 fully saturated rings. The van der Waals surface area contributed by atoms with E-state index in [1.165, 1.54) is 6.42 Å². The average molecular weight is 186 g/mol. The van der Waals surface area contributed by atoms with Crippen molar-refractivity contribution in [2.75, 3.05) is 7.05 Å². The molecule has 3 heteroatoms. The van der Waals surface area contributed by atoms with E-state index in [9.17, 15) is 4.79 Å². The zero-order chi connectivity index (χ0) is 8.72. The van der Waals surface area contributed by atoms with Gasteiger partial charge in [0.05, 0.1) is 5.38 Å². The molecule has 2 bridgehead atoms. The Labute approximate surface area is 77.2 Å². The average Bonchev–Trinajstić information content (AvgIpc) is 2.34. The highest BCUT2D eigenvalue weighted by Crippen LogP contribution is 2.38. The third-order valence-electron chi connectivity index (χ3n) is 3.13. The van der Waals surface area contributed by atoms with Crippen molar-refractivity contribution in [1.82, 2.24) is 4.90 Å². The summed E-state index contributed by atoms with van der Waals surface area (Å²) in [7, 11) is 2.07. The van der Waals surface area contributed by atoms with E-state index in [-0.39, 0.29) is 11.4 Å². The van der Waals surface area contributed by atoms with Gasteiger partial charge in [0, 0.05) is 17.7 Å². The quantitative estimate of drug-likeness (QED) is 0.418. The second-order valence-corrected chi connectivity index (χ2v) is 4.20. The Morgan fingerprint density at radius 3 is 3.00 bits per heavy atom. The number of piperidine rings is 1. The topological polar surface area (TPSA) is 20.3 Å². The highest BCUT2D eigenvalue weighted by molar-refractivity contribution is 6.23. The summed E-state index contributed by atoms with van der Waals surface area (Å²) in [6, 6.07) is 0.873. The van der Waals surface area contributed by atoms with E-state index in [1.54, 1.807) is 0 Å². The van der Waals surface area contributed by atoms with Crippen LogP contribution in [0.3, 0.4) is 0 Å². The van der Waals surface area contributed by atoms with Crippen LogP contribution in [0.2, 0.25) is 0 Å². The number of hydrogen-bond acceptors (Lipinski definition) is 2. The Morgan fingerprint density at radius 1 is 1.58 bits per heavy atom. The first kappa shape index (κ1) is 8.31. The molecule has 0 N–H and O–H groups in total. The van der Waals surface area contributed by atoms with Crippen LogP contribution in [0.4, 0.5) is 0 Å². The molecule has 2 nitrogen and oxygen atoms in total. The summed E-state index contributed by atoms with van der Waals surface area (Å²) in [5.41, 5.74) is 0.771. The van der Waals surface area contributed by atoms with Crippen LogP contribution in [0.15, 0.2) is 5.57 Å². The summed E-state index contributed by atoms with van der Waals surface area (Å²) < 4.78 is 0. The molecule has 3 unspecified atom stereocenters. The molecular weight excluding hydrogens is 174 g/mol. The summed E-state index contributed by atoms with van der Waals surface area (Å²) in [6.07, 6.45) is 3.17. The van der Waals surface area contributed by atoms with Gasteiger partial charge in [0.15, 0.2) is 0 Å². The largest absolute Gasteiger partial charge is 0.296 e. The lowest BCUT2D eigenvalue weighted by atomic mass is 9.98. The van der Waals surface area contributed by atoms with Gasteiger partial charge in [-0.1, -0.05) is 0 Å². The van der Waals surface area contributed by atoms with Crippen LogP contribution in [-0.4, -0.2) is 35.3 Å². The molecule has 0 spiro atoms. The van der Waals surface area contributed by atoms with Crippen molar-refractivity contribution >= 4 is 17.5 Å². The summed E-state index contributed by atoms with van der Waals surface area (Å²) in [4.78, 5) is 12.9. The van der Waals surface area contributed by atoms with Gasteiger partial charge in [0.25, 0.3) is 0 Å². The number of nitrogens with zero attached hydrogens (tertiary/aromatic N) is 1. The van der Waals surface area contributed by atoms with Crippen LogP contribution in [0.5, 0.6) is 0 Å². The second-order valence-electron chi connectivity index (χ2n) is 3.67. The minimum Gasteiger partial charge on any atom is -0.296 e. The monoisotopic (exact) mass is 185 g/mol. The van der Waals surface area contributed by atoms with Crippen molar-refractivity contribution in [3.63, 3.8) is 0 Å². The molecule has 0 amide bonds. The standard InChI is InChI=1S/C9H12ClNO/c1-11-6-2-3-9(11)7(5-12)8(10)4-6/h6,8-9H,2-4H2,1H3. The highest BCUT2D eigenvalue weighted by atomic mass is 35.5. The molecule has 2 rings (SSSR count). The summed E-state index contributed by atoms with van der Waals surface area (Å²) in [5.74, 6) is 2.00. The first-order chi connectivity index (χ1) is 5.74. The molecular formula is C9H12ClNO. The van der Waals surface area contributed by atoms with Crippen molar-refractivity contribution in [3.8, 4) is 0 Å². The van der Waals surface area contributed by atoms with E-state index in [2.05, 4.69) is 11.9 Å². The molecule has 3 atom stereocenters. The lowest BCUT2D eigenvalue weighted by molar-refractivity contribution is 0.224. The van der Waals surface area contributed by atoms with E-state index < -0.39 is 0 Å². The lowest BCUT2D eigenvalue weighted by Gasteiger charge is -2.34. The molecule has 2 aliphatic heterocycles. The van der Waals surface area contributed by atoms with Crippen molar-refractivity contribution in [2.24, 2.45) is 0 Å². The van der Waals surface area contributed by atoms with Gasteiger partial charge in [-0.15, -0.1) is 11.6 Å². The first-order valence-electron chi connectivity index (χ1n) is 4.35. The van der Waals surface area contributed by atoms with E-state index in [1.807, 2.05) is 5.94 Å². The Bertz CT molecular complexity index is 247. The van der Waals surface area contributed by atoms with Gasteiger partial charge in [-0.3, -0.25) is 4.90 Å². The molecule has 0 aromatic rings. The molecule has 0 aromatic carbocycles. The maximum Gasteiger partial charge on any atom is 0.126 e. The predicted octanol–water partition coefficient (Wildman–Crippen LogP) is 1.22. The number of hydrogen-bond donors (Lipinski definition) is 0. The zero-order valence-corrected chi connectivity index (χ0v) is 7.84. The van der Waals surface area contributed by atoms with Gasteiger partial charge < -0.3 is 0 Å². The molecule has 2 saturated heterocycles. The van der Waals surface area contributed by atoms with Gasteiger partial charge in [-0.05, 0) is 26.3 Å². The number of halogens is 1. The third-order valence-corrected chi connectivity index (χ3v) is 3.55. The third kappa shape index (κ3) is 1.03. The Kier molecular flexibility index (Phi) is 1.99. The van der Waals surface area contributed by atoms with Crippen molar-refractivity contribution in [3.05, 3.63) is 5.57 Å². The lowest BCUT2D eigenvalue weighted by Crippen LogP contribution is -2.42. The van der Waals surface area contributed by atoms with E-state index in [0.29, 0.717) is 6.04 Å². The van der Waals surface area contributed by atoms with Crippen LogP contribution in [0.1, 0.15) is 19.3 Å². The number of fused-ring (bicyclic) bond motifs is 2. The molecule has 0 aromatic heterocycles. The molecule has 2 heterocycles. The van der Waals surface area contributed by atoms with Gasteiger partial charge in [0.2, 0.25) is 0 Å². The van der Waals surface area contributed by atoms with Crippen molar-refractivity contribution in [1.29, 1.82) is 0 Å². The first-order valence-corrected chi connectivity index (χ1v) is 4.78. The van der Waals surface area contributed by atoms with E-state index >= 15 is 0 Å². The molecule has 0 aliphatic carbocycles. The van der Waals surface area contributed by atoms with Crippen LogP contribution in [0.25, 0.3) is 0 Å². The Balaban J connectivity index is 2.32. The summed E-state index contributed by atoms with van der Waals surface area (Å²) in [5, 5.41) is -0.0591. The van der Waals surface area contributed by atoms with Gasteiger partial charge >= 0.3 is 0 Å². The summed E-state index contributed by atoms with van der Waals surface area (Å²) >= 11 is 6.05. The van der Waals surface area contributed by atoms with E-state index in [0.717, 1.165) is 18.4 Å². The van der Waals surface area contributed by atoms with Gasteiger partial charge in [0.1, 0.15) is 5.94 Å². The van der Waals surface area contributed by atoms with Crippen molar-refractivity contribution < 1.29 is 4.79 Å². The fourth-order valence-electron chi connectivity index (χ4n) is 2.38. The maximum atomic E-state index is 10.6. The van der Waals surface area contributed by atoms with Crippen molar-refractivity contribution in [2.45, 2.75) is 36.7 Å². The number of carbonyl (C=O) groups excluding carboxylic acids is 1. The molecule has 66 valence electrons. The number of alkyl halides is 1. The van der Waals surface area contributed by atoms with Crippen LogP contribution < -0.4 is 0 Å². The van der Waals surface area contributed by atoms with Crippen LogP contribution in [-0.2, 0) is 4.79 Å². The Morgan fingerprint density at radius 2 is 2.33 bits per heavy atom. The summed E-state index contributed by atoms with van der Waals surface area (Å²) in [6.45, 7) is 0. The molecule has 12 heavy (non-hydrogen) atoms. The van der Waals surface area contributed by atoms with Gasteiger partial charge in [-0.25, -0.2) is 4.79 Å². The predicted molar refractivity (Wildman–Crippen MR) is 48.0 cm³/mol. The SMILES string of the molecule is CN1C2CCC1C(=C=O)C(Cl)C2. The molecule has 0 saturated carbocycles. The molecule has 2 aliphatic rings.